The molecular formula is C13H16F2N2. The number of anilines is 1. The van der Waals surface area contributed by atoms with Crippen molar-refractivity contribution in [2.24, 2.45) is 5.41 Å². The number of halogens is 2. The van der Waals surface area contributed by atoms with Crippen molar-refractivity contribution in [3.8, 4) is 6.07 Å². The largest absolute Gasteiger partial charge is 0.382 e. The van der Waals surface area contributed by atoms with Gasteiger partial charge in [-0.15, -0.1) is 0 Å². The Labute approximate surface area is 100 Å². The van der Waals surface area contributed by atoms with Gasteiger partial charge in [0.2, 0.25) is 0 Å². The summed E-state index contributed by atoms with van der Waals surface area (Å²) in [6.07, 6.45) is 1.21. The molecule has 0 saturated carbocycles. The maximum atomic E-state index is 13.3. The third kappa shape index (κ3) is 4.39. The summed E-state index contributed by atoms with van der Waals surface area (Å²) in [5, 5.41) is 11.5. The van der Waals surface area contributed by atoms with Crippen LogP contribution in [0.15, 0.2) is 18.2 Å². The standard InChI is InChI=1S/C13H16F2N2/c1-13(2,6-3-7-16)9-17-12-5-4-10(14)8-11(12)15/h4-5,8,17H,3,6,9H2,1-2H3. The Bertz CT molecular complexity index is 422. The molecule has 0 atom stereocenters. The van der Waals surface area contributed by atoms with Crippen molar-refractivity contribution < 1.29 is 8.78 Å². The van der Waals surface area contributed by atoms with Gasteiger partial charge in [-0.25, -0.2) is 8.78 Å². The highest BCUT2D eigenvalue weighted by molar-refractivity contribution is 5.44. The molecule has 92 valence electrons. The maximum Gasteiger partial charge on any atom is 0.149 e. The second-order valence-electron chi connectivity index (χ2n) is 4.80. The van der Waals surface area contributed by atoms with Crippen molar-refractivity contribution in [3.05, 3.63) is 29.8 Å². The van der Waals surface area contributed by atoms with Gasteiger partial charge in [0.05, 0.1) is 11.8 Å². The maximum absolute atomic E-state index is 13.3. The number of nitrogens with one attached hydrogen (secondary N) is 1. The molecule has 0 aliphatic rings. The highest BCUT2D eigenvalue weighted by Crippen LogP contribution is 2.24. The van der Waals surface area contributed by atoms with Crippen LogP contribution in [0.2, 0.25) is 0 Å². The predicted molar refractivity (Wildman–Crippen MR) is 63.5 cm³/mol. The molecule has 17 heavy (non-hydrogen) atoms. The Morgan fingerprint density at radius 3 is 2.65 bits per heavy atom. The molecule has 4 heteroatoms. The van der Waals surface area contributed by atoms with E-state index in [9.17, 15) is 8.78 Å². The highest BCUT2D eigenvalue weighted by atomic mass is 19.1. The predicted octanol–water partition coefficient (Wildman–Crippen LogP) is 3.71. The van der Waals surface area contributed by atoms with E-state index in [-0.39, 0.29) is 11.1 Å². The monoisotopic (exact) mass is 238 g/mol. The topological polar surface area (TPSA) is 35.8 Å². The van der Waals surface area contributed by atoms with Crippen molar-refractivity contribution >= 4 is 5.69 Å². The Kier molecular flexibility index (Phi) is 4.45. The lowest BCUT2D eigenvalue weighted by atomic mass is 9.88. The second kappa shape index (κ2) is 5.62. The molecule has 0 spiro atoms. The lowest BCUT2D eigenvalue weighted by molar-refractivity contribution is 0.363. The van der Waals surface area contributed by atoms with Crippen molar-refractivity contribution in [1.29, 1.82) is 5.26 Å². The second-order valence-corrected chi connectivity index (χ2v) is 4.80. The molecule has 0 aliphatic heterocycles. The van der Waals surface area contributed by atoms with E-state index in [1.165, 1.54) is 12.1 Å². The van der Waals surface area contributed by atoms with Gasteiger partial charge in [-0.05, 0) is 24.0 Å². The minimum atomic E-state index is -0.596. The van der Waals surface area contributed by atoms with E-state index in [0.717, 1.165) is 12.5 Å². The Balaban J connectivity index is 2.58. The van der Waals surface area contributed by atoms with Crippen molar-refractivity contribution in [1.82, 2.24) is 0 Å². The van der Waals surface area contributed by atoms with Gasteiger partial charge in [0.15, 0.2) is 0 Å². The fourth-order valence-corrected chi connectivity index (χ4v) is 1.45. The number of hydrogen-bond donors (Lipinski definition) is 1. The van der Waals surface area contributed by atoms with Gasteiger partial charge < -0.3 is 5.32 Å². The van der Waals surface area contributed by atoms with Crippen LogP contribution in [0.3, 0.4) is 0 Å². The molecule has 1 N–H and O–H groups in total. The van der Waals surface area contributed by atoms with Crippen LogP contribution in [-0.2, 0) is 0 Å². The van der Waals surface area contributed by atoms with Crippen LogP contribution in [0.5, 0.6) is 0 Å². The van der Waals surface area contributed by atoms with Crippen molar-refractivity contribution in [2.45, 2.75) is 26.7 Å². The van der Waals surface area contributed by atoms with E-state index >= 15 is 0 Å². The smallest absolute Gasteiger partial charge is 0.149 e. The molecule has 0 radical (unpaired) electrons. The summed E-state index contributed by atoms with van der Waals surface area (Å²) in [6, 6.07) is 5.54. The van der Waals surface area contributed by atoms with E-state index < -0.39 is 11.6 Å². The fraction of sp³-hybridized carbons (Fsp3) is 0.462. The summed E-state index contributed by atoms with van der Waals surface area (Å²) in [5.74, 6) is -1.18. The zero-order valence-corrected chi connectivity index (χ0v) is 10.1. The molecule has 1 aromatic carbocycles. The normalized spacial score (nSPS) is 11.0. The number of nitriles is 1. The number of nitrogens with zero attached hydrogens (tertiary/aromatic N) is 1. The average molecular weight is 238 g/mol. The van der Waals surface area contributed by atoms with Gasteiger partial charge in [-0.2, -0.15) is 5.26 Å². The number of benzene rings is 1. The Hall–Kier alpha value is -1.63. The molecular weight excluding hydrogens is 222 g/mol. The first-order valence-corrected chi connectivity index (χ1v) is 5.50. The Morgan fingerprint density at radius 2 is 2.06 bits per heavy atom. The SMILES string of the molecule is CC(C)(CCC#N)CNc1ccc(F)cc1F. The van der Waals surface area contributed by atoms with Crippen LogP contribution in [0.4, 0.5) is 14.5 Å². The van der Waals surface area contributed by atoms with E-state index in [1.807, 2.05) is 13.8 Å². The average Bonchev–Trinajstić information content (AvgIpc) is 2.25. The fourth-order valence-electron chi connectivity index (χ4n) is 1.45. The van der Waals surface area contributed by atoms with Gasteiger partial charge >= 0.3 is 0 Å². The van der Waals surface area contributed by atoms with Gasteiger partial charge in [-0.1, -0.05) is 13.8 Å². The summed E-state index contributed by atoms with van der Waals surface area (Å²) in [5.41, 5.74) is 0.188. The van der Waals surface area contributed by atoms with Gasteiger partial charge in [0.25, 0.3) is 0 Å². The highest BCUT2D eigenvalue weighted by Gasteiger charge is 2.17. The molecule has 0 bridgehead atoms. The molecule has 0 aliphatic carbocycles. The Morgan fingerprint density at radius 1 is 1.35 bits per heavy atom. The molecule has 2 nitrogen and oxygen atoms in total. The zero-order valence-electron chi connectivity index (χ0n) is 10.1. The molecule has 0 amide bonds. The van der Waals surface area contributed by atoms with Crippen molar-refractivity contribution in [2.75, 3.05) is 11.9 Å². The summed E-state index contributed by atoms with van der Waals surface area (Å²) in [4.78, 5) is 0. The van der Waals surface area contributed by atoms with Crippen LogP contribution >= 0.6 is 0 Å². The third-order valence-electron chi connectivity index (χ3n) is 2.60. The van der Waals surface area contributed by atoms with E-state index in [0.29, 0.717) is 13.0 Å². The van der Waals surface area contributed by atoms with Gasteiger partial charge in [-0.3, -0.25) is 0 Å². The molecule has 0 saturated heterocycles. The minimum Gasteiger partial charge on any atom is -0.382 e. The number of rotatable bonds is 5. The van der Waals surface area contributed by atoms with Crippen LogP contribution in [0.1, 0.15) is 26.7 Å². The molecule has 0 heterocycles. The van der Waals surface area contributed by atoms with E-state index in [2.05, 4.69) is 11.4 Å². The van der Waals surface area contributed by atoms with Crippen molar-refractivity contribution in [3.63, 3.8) is 0 Å². The lowest BCUT2D eigenvalue weighted by Gasteiger charge is -2.24. The van der Waals surface area contributed by atoms with Crippen LogP contribution in [0, 0.1) is 28.4 Å². The summed E-state index contributed by atoms with van der Waals surface area (Å²) in [6.45, 7) is 4.54. The van der Waals surface area contributed by atoms with E-state index in [1.54, 1.807) is 0 Å². The molecule has 1 rings (SSSR count). The molecule has 0 unspecified atom stereocenters. The van der Waals surface area contributed by atoms with E-state index in [4.69, 9.17) is 5.26 Å². The third-order valence-corrected chi connectivity index (χ3v) is 2.60. The number of hydrogen-bond acceptors (Lipinski definition) is 2. The quantitative estimate of drug-likeness (QED) is 0.848. The van der Waals surface area contributed by atoms with Gasteiger partial charge in [0, 0.05) is 19.0 Å². The first-order valence-electron chi connectivity index (χ1n) is 5.50. The summed E-state index contributed by atoms with van der Waals surface area (Å²) in [7, 11) is 0. The first kappa shape index (κ1) is 13.4. The minimum absolute atomic E-state index is 0.101. The van der Waals surface area contributed by atoms with Gasteiger partial charge in [0.1, 0.15) is 11.6 Å². The summed E-state index contributed by atoms with van der Waals surface area (Å²) < 4.78 is 26.0. The molecule has 0 fully saturated rings. The van der Waals surface area contributed by atoms with Crippen LogP contribution < -0.4 is 5.32 Å². The summed E-state index contributed by atoms with van der Waals surface area (Å²) >= 11 is 0. The first-order chi connectivity index (χ1) is 7.94. The lowest BCUT2D eigenvalue weighted by Crippen LogP contribution is -2.23. The van der Waals surface area contributed by atoms with Crippen LogP contribution in [0.25, 0.3) is 0 Å². The van der Waals surface area contributed by atoms with Crippen LogP contribution in [-0.4, -0.2) is 6.54 Å². The molecule has 0 aromatic heterocycles. The molecule has 1 aromatic rings. The zero-order chi connectivity index (χ0) is 12.9.